The van der Waals surface area contributed by atoms with Crippen LogP contribution in [0.1, 0.15) is 24.1 Å². The number of ether oxygens (including phenoxy) is 1. The molecule has 3 rings (SSSR count). The molecule has 6 heteroatoms. The van der Waals surface area contributed by atoms with Crippen molar-refractivity contribution in [1.29, 1.82) is 0 Å². The summed E-state index contributed by atoms with van der Waals surface area (Å²) in [5, 5.41) is 5.69. The molecule has 0 spiro atoms. The number of nitrogens with one attached hydrogen (secondary N) is 1. The van der Waals surface area contributed by atoms with Crippen LogP contribution < -0.4 is 10.1 Å². The molecule has 0 aliphatic heterocycles. The van der Waals surface area contributed by atoms with Gasteiger partial charge in [0, 0.05) is 38.8 Å². The monoisotopic (exact) mass is 465 g/mol. The van der Waals surface area contributed by atoms with Gasteiger partial charge in [0.1, 0.15) is 12.4 Å². The van der Waals surface area contributed by atoms with Crippen LogP contribution in [0.4, 0.5) is 0 Å². The highest BCUT2D eigenvalue weighted by Crippen LogP contribution is 2.29. The Morgan fingerprint density at radius 3 is 2.59 bits per heavy atom. The van der Waals surface area contributed by atoms with E-state index in [-0.39, 0.29) is 6.04 Å². The minimum Gasteiger partial charge on any atom is -0.489 e. The highest BCUT2D eigenvalue weighted by atomic mass is 35.5. The molecule has 1 atom stereocenters. The van der Waals surface area contributed by atoms with Crippen molar-refractivity contribution in [3.8, 4) is 5.75 Å². The highest BCUT2D eigenvalue weighted by molar-refractivity contribution is 7.99. The summed E-state index contributed by atoms with van der Waals surface area (Å²) in [5.74, 6) is 1.73. The van der Waals surface area contributed by atoms with E-state index >= 15 is 0 Å². The molecule has 1 unspecified atom stereocenters. The maximum atomic E-state index is 6.21. The molecule has 0 aliphatic carbocycles. The summed E-state index contributed by atoms with van der Waals surface area (Å²) in [4.78, 5) is 1.00. The molecular formula is C23H22Cl3NOS. The van der Waals surface area contributed by atoms with Gasteiger partial charge in [0.2, 0.25) is 0 Å². The van der Waals surface area contributed by atoms with Gasteiger partial charge in [0.05, 0.1) is 5.02 Å². The van der Waals surface area contributed by atoms with E-state index in [1.807, 2.05) is 48.5 Å². The largest absolute Gasteiger partial charge is 0.489 e. The Bertz CT molecular complexity index is 951. The van der Waals surface area contributed by atoms with Gasteiger partial charge in [-0.2, -0.15) is 0 Å². The van der Waals surface area contributed by atoms with Crippen molar-refractivity contribution in [1.82, 2.24) is 5.32 Å². The van der Waals surface area contributed by atoms with E-state index in [0.29, 0.717) is 11.6 Å². The van der Waals surface area contributed by atoms with Crippen LogP contribution in [0, 0.1) is 0 Å². The Hall–Kier alpha value is -1.36. The van der Waals surface area contributed by atoms with Gasteiger partial charge in [0.15, 0.2) is 0 Å². The summed E-state index contributed by atoms with van der Waals surface area (Å²) in [6.07, 6.45) is 0. The second-order valence-corrected chi connectivity index (χ2v) is 8.94. The fraction of sp³-hybridized carbons (Fsp3) is 0.217. The van der Waals surface area contributed by atoms with Gasteiger partial charge in [-0.1, -0.05) is 65.1 Å². The second kappa shape index (κ2) is 11.1. The fourth-order valence-electron chi connectivity index (χ4n) is 2.79. The molecule has 1 N–H and O–H groups in total. The van der Waals surface area contributed by atoms with Crippen molar-refractivity contribution in [3.63, 3.8) is 0 Å². The van der Waals surface area contributed by atoms with E-state index in [1.54, 1.807) is 17.8 Å². The van der Waals surface area contributed by atoms with Crippen molar-refractivity contribution >= 4 is 46.6 Å². The number of hydrogen-bond acceptors (Lipinski definition) is 3. The third-order valence-electron chi connectivity index (χ3n) is 4.41. The van der Waals surface area contributed by atoms with E-state index in [1.165, 1.54) is 5.56 Å². The smallest absolute Gasteiger partial charge is 0.120 e. The van der Waals surface area contributed by atoms with E-state index < -0.39 is 0 Å². The van der Waals surface area contributed by atoms with Crippen LogP contribution in [0.15, 0.2) is 71.6 Å². The summed E-state index contributed by atoms with van der Waals surface area (Å²) in [7, 11) is 0. The maximum Gasteiger partial charge on any atom is 0.120 e. The average molecular weight is 467 g/mol. The zero-order valence-corrected chi connectivity index (χ0v) is 19.1. The summed E-state index contributed by atoms with van der Waals surface area (Å²) < 4.78 is 5.93. The molecule has 0 heterocycles. The molecule has 0 amide bonds. The summed E-state index contributed by atoms with van der Waals surface area (Å²) in [5.41, 5.74) is 2.15. The van der Waals surface area contributed by atoms with Crippen molar-refractivity contribution < 1.29 is 4.74 Å². The van der Waals surface area contributed by atoms with Gasteiger partial charge in [-0.05, 0) is 48.9 Å². The van der Waals surface area contributed by atoms with Crippen molar-refractivity contribution in [3.05, 3.63) is 92.9 Å². The lowest BCUT2D eigenvalue weighted by atomic mass is 10.1. The number of benzene rings is 3. The van der Waals surface area contributed by atoms with Gasteiger partial charge < -0.3 is 10.1 Å². The topological polar surface area (TPSA) is 21.3 Å². The Labute approximate surface area is 191 Å². The first-order valence-electron chi connectivity index (χ1n) is 9.30. The van der Waals surface area contributed by atoms with Crippen LogP contribution >= 0.6 is 46.6 Å². The molecule has 0 aliphatic rings. The maximum absolute atomic E-state index is 6.21. The number of hydrogen-bond donors (Lipinski definition) is 1. The minimum absolute atomic E-state index is 0.203. The Morgan fingerprint density at radius 2 is 1.76 bits per heavy atom. The van der Waals surface area contributed by atoms with Gasteiger partial charge in [-0.15, -0.1) is 11.8 Å². The van der Waals surface area contributed by atoms with Crippen LogP contribution in [0.2, 0.25) is 15.1 Å². The molecule has 0 radical (unpaired) electrons. The van der Waals surface area contributed by atoms with Crippen molar-refractivity contribution in [2.75, 3.05) is 12.3 Å². The lowest BCUT2D eigenvalue weighted by Gasteiger charge is -2.16. The molecule has 29 heavy (non-hydrogen) atoms. The quantitative estimate of drug-likeness (QED) is 0.258. The Morgan fingerprint density at radius 1 is 0.931 bits per heavy atom. The number of rotatable bonds is 9. The lowest BCUT2D eigenvalue weighted by Crippen LogP contribution is -2.21. The second-order valence-electron chi connectivity index (χ2n) is 6.55. The molecule has 3 aromatic carbocycles. The molecule has 3 aromatic rings. The first-order valence-corrected chi connectivity index (χ1v) is 11.4. The van der Waals surface area contributed by atoms with Crippen LogP contribution in [0.25, 0.3) is 0 Å². The normalized spacial score (nSPS) is 12.0. The Kier molecular flexibility index (Phi) is 8.58. The van der Waals surface area contributed by atoms with Crippen molar-refractivity contribution in [2.24, 2.45) is 0 Å². The summed E-state index contributed by atoms with van der Waals surface area (Å²) in [6, 6.07) is 21.6. The standard InChI is InChI=1S/C23H22Cl3NOS/c1-16(27-11-12-29-23-14-19(24)9-10-22(23)26)17-6-4-7-20(13-17)28-15-18-5-2-3-8-21(18)25/h2-10,13-14,16,27H,11-12,15H2,1H3. The van der Waals surface area contributed by atoms with E-state index in [2.05, 4.69) is 24.4 Å². The minimum atomic E-state index is 0.203. The molecule has 0 saturated heterocycles. The average Bonchev–Trinajstić information content (AvgIpc) is 2.73. The van der Waals surface area contributed by atoms with E-state index in [9.17, 15) is 0 Å². The van der Waals surface area contributed by atoms with Crippen LogP contribution in [-0.2, 0) is 6.61 Å². The van der Waals surface area contributed by atoms with Crippen LogP contribution in [0.5, 0.6) is 5.75 Å². The highest BCUT2D eigenvalue weighted by Gasteiger charge is 2.08. The molecular weight excluding hydrogens is 445 g/mol. The molecule has 152 valence electrons. The van der Waals surface area contributed by atoms with E-state index in [0.717, 1.165) is 38.6 Å². The molecule has 0 saturated carbocycles. The summed E-state index contributed by atoms with van der Waals surface area (Å²) in [6.45, 7) is 3.44. The first-order chi connectivity index (χ1) is 14.0. The van der Waals surface area contributed by atoms with Crippen LogP contribution in [-0.4, -0.2) is 12.3 Å². The Balaban J connectivity index is 1.49. The van der Waals surface area contributed by atoms with Gasteiger partial charge >= 0.3 is 0 Å². The van der Waals surface area contributed by atoms with Gasteiger partial charge in [0.25, 0.3) is 0 Å². The molecule has 0 bridgehead atoms. The SMILES string of the molecule is CC(NCCSc1cc(Cl)ccc1Cl)c1cccc(OCc2ccccc2Cl)c1. The first kappa shape index (κ1) is 22.3. The molecule has 0 fully saturated rings. The number of halogens is 3. The molecule has 0 aromatic heterocycles. The predicted molar refractivity (Wildman–Crippen MR) is 126 cm³/mol. The van der Waals surface area contributed by atoms with Gasteiger partial charge in [-0.3, -0.25) is 0 Å². The van der Waals surface area contributed by atoms with Crippen molar-refractivity contribution in [2.45, 2.75) is 24.5 Å². The third-order valence-corrected chi connectivity index (χ3v) is 6.52. The zero-order chi connectivity index (χ0) is 20.6. The number of thioether (sulfide) groups is 1. The zero-order valence-electron chi connectivity index (χ0n) is 16.0. The molecule has 2 nitrogen and oxygen atoms in total. The van der Waals surface area contributed by atoms with Crippen LogP contribution in [0.3, 0.4) is 0 Å². The summed E-state index contributed by atoms with van der Waals surface area (Å²) >= 11 is 20.1. The fourth-order valence-corrected chi connectivity index (χ4v) is 4.36. The predicted octanol–water partition coefficient (Wildman–Crippen LogP) is 7.67. The van der Waals surface area contributed by atoms with Gasteiger partial charge in [-0.25, -0.2) is 0 Å². The van der Waals surface area contributed by atoms with E-state index in [4.69, 9.17) is 39.5 Å². The third kappa shape index (κ3) is 6.84. The lowest BCUT2D eigenvalue weighted by molar-refractivity contribution is 0.305.